The first kappa shape index (κ1) is 12.7. The zero-order chi connectivity index (χ0) is 11.5. The van der Waals surface area contributed by atoms with Crippen molar-refractivity contribution in [2.45, 2.75) is 27.2 Å². The van der Waals surface area contributed by atoms with E-state index in [2.05, 4.69) is 50.7 Å². The van der Waals surface area contributed by atoms with Gasteiger partial charge in [0.15, 0.2) is 0 Å². The molecule has 0 saturated heterocycles. The summed E-state index contributed by atoms with van der Waals surface area (Å²) in [5, 5.41) is 0. The number of nitrogens with zero attached hydrogens (tertiary/aromatic N) is 2. The lowest BCUT2D eigenvalue weighted by Crippen LogP contribution is -2.36. The molecule has 1 aliphatic heterocycles. The van der Waals surface area contributed by atoms with Crippen LogP contribution in [-0.4, -0.2) is 50.1 Å². The Kier molecular flexibility index (Phi) is 4.35. The standard InChI is InChI=1S/C13H26N2/c1-13(2,3)12-6-8-15(9-7-12)11-10-14(4)5/h6H,7-11H2,1-5H3. The molecule has 0 saturated carbocycles. The van der Waals surface area contributed by atoms with Gasteiger partial charge in [0.25, 0.3) is 0 Å². The van der Waals surface area contributed by atoms with Crippen molar-refractivity contribution in [1.82, 2.24) is 9.80 Å². The smallest absolute Gasteiger partial charge is 0.0166 e. The molecule has 0 N–H and O–H groups in total. The summed E-state index contributed by atoms with van der Waals surface area (Å²) in [6, 6.07) is 0. The van der Waals surface area contributed by atoms with E-state index in [0.717, 1.165) is 6.54 Å². The lowest BCUT2D eigenvalue weighted by Gasteiger charge is -2.32. The van der Waals surface area contributed by atoms with Crippen LogP contribution < -0.4 is 0 Å². The third kappa shape index (κ3) is 4.35. The Balaban J connectivity index is 2.38. The van der Waals surface area contributed by atoms with E-state index in [0.29, 0.717) is 5.41 Å². The molecule has 1 aliphatic rings. The van der Waals surface area contributed by atoms with E-state index in [1.165, 1.54) is 26.1 Å². The van der Waals surface area contributed by atoms with E-state index >= 15 is 0 Å². The maximum atomic E-state index is 2.54. The molecule has 1 rings (SSSR count). The molecule has 0 aromatic rings. The number of hydrogen-bond acceptors (Lipinski definition) is 2. The fraction of sp³-hybridized carbons (Fsp3) is 0.846. The number of hydrogen-bond donors (Lipinski definition) is 0. The largest absolute Gasteiger partial charge is 0.308 e. The van der Waals surface area contributed by atoms with Crippen molar-refractivity contribution in [3.05, 3.63) is 11.6 Å². The van der Waals surface area contributed by atoms with Crippen LogP contribution in [0.5, 0.6) is 0 Å². The van der Waals surface area contributed by atoms with Gasteiger partial charge in [-0.05, 0) is 25.9 Å². The fourth-order valence-corrected chi connectivity index (χ4v) is 1.94. The minimum Gasteiger partial charge on any atom is -0.308 e. The zero-order valence-corrected chi connectivity index (χ0v) is 11.0. The van der Waals surface area contributed by atoms with E-state index in [4.69, 9.17) is 0 Å². The predicted molar refractivity (Wildman–Crippen MR) is 67.1 cm³/mol. The van der Waals surface area contributed by atoms with Gasteiger partial charge in [-0.1, -0.05) is 32.4 Å². The Morgan fingerprint density at radius 3 is 2.40 bits per heavy atom. The SMILES string of the molecule is CN(C)CCN1CC=C(C(C)(C)C)CC1. The Bertz CT molecular complexity index is 223. The van der Waals surface area contributed by atoms with Crippen molar-refractivity contribution >= 4 is 0 Å². The molecule has 2 heteroatoms. The van der Waals surface area contributed by atoms with Crippen LogP contribution in [0.25, 0.3) is 0 Å². The average Bonchev–Trinajstić information content (AvgIpc) is 2.14. The highest BCUT2D eigenvalue weighted by Gasteiger charge is 2.20. The van der Waals surface area contributed by atoms with Gasteiger partial charge in [0.1, 0.15) is 0 Å². The monoisotopic (exact) mass is 210 g/mol. The molecule has 2 nitrogen and oxygen atoms in total. The van der Waals surface area contributed by atoms with Crippen molar-refractivity contribution in [2.75, 3.05) is 40.3 Å². The lowest BCUT2D eigenvalue weighted by atomic mass is 9.83. The molecule has 0 atom stereocenters. The minimum atomic E-state index is 0.369. The Hall–Kier alpha value is -0.340. The molecule has 0 fully saturated rings. The first-order chi connectivity index (χ1) is 6.89. The van der Waals surface area contributed by atoms with Crippen LogP contribution in [0.4, 0.5) is 0 Å². The molecule has 0 aliphatic carbocycles. The topological polar surface area (TPSA) is 6.48 Å². The van der Waals surface area contributed by atoms with E-state index < -0.39 is 0 Å². The maximum absolute atomic E-state index is 2.54. The molecule has 0 bridgehead atoms. The van der Waals surface area contributed by atoms with Gasteiger partial charge >= 0.3 is 0 Å². The van der Waals surface area contributed by atoms with E-state index in [9.17, 15) is 0 Å². The average molecular weight is 210 g/mol. The molecule has 15 heavy (non-hydrogen) atoms. The molecule has 0 radical (unpaired) electrons. The van der Waals surface area contributed by atoms with Gasteiger partial charge in [-0.3, -0.25) is 4.90 Å². The Morgan fingerprint density at radius 2 is 2.00 bits per heavy atom. The van der Waals surface area contributed by atoms with Crippen molar-refractivity contribution in [1.29, 1.82) is 0 Å². The normalized spacial score (nSPS) is 19.5. The molecule has 0 spiro atoms. The number of likely N-dealkylation sites (N-methyl/N-ethyl adjacent to an activating group) is 1. The first-order valence-corrected chi connectivity index (χ1v) is 5.96. The third-order valence-electron chi connectivity index (χ3n) is 3.12. The van der Waals surface area contributed by atoms with E-state index in [1.807, 2.05) is 0 Å². The van der Waals surface area contributed by atoms with Gasteiger partial charge in [0, 0.05) is 26.2 Å². The van der Waals surface area contributed by atoms with Crippen molar-refractivity contribution in [3.8, 4) is 0 Å². The highest BCUT2D eigenvalue weighted by atomic mass is 15.2. The third-order valence-corrected chi connectivity index (χ3v) is 3.12. The second-order valence-corrected chi connectivity index (χ2v) is 5.83. The van der Waals surface area contributed by atoms with Crippen LogP contribution in [0, 0.1) is 5.41 Å². The van der Waals surface area contributed by atoms with Crippen molar-refractivity contribution in [2.24, 2.45) is 5.41 Å². The lowest BCUT2D eigenvalue weighted by molar-refractivity contribution is 0.246. The molecular formula is C13H26N2. The van der Waals surface area contributed by atoms with Crippen LogP contribution in [0.15, 0.2) is 11.6 Å². The quantitative estimate of drug-likeness (QED) is 0.659. The van der Waals surface area contributed by atoms with Crippen LogP contribution >= 0.6 is 0 Å². The van der Waals surface area contributed by atoms with Gasteiger partial charge < -0.3 is 4.90 Å². The predicted octanol–water partition coefficient (Wildman–Crippen LogP) is 2.23. The summed E-state index contributed by atoms with van der Waals surface area (Å²) in [5.74, 6) is 0. The highest BCUT2D eigenvalue weighted by molar-refractivity contribution is 5.14. The second kappa shape index (κ2) is 5.13. The van der Waals surface area contributed by atoms with Gasteiger partial charge in [0.05, 0.1) is 0 Å². The summed E-state index contributed by atoms with van der Waals surface area (Å²) in [4.78, 5) is 4.79. The van der Waals surface area contributed by atoms with E-state index in [-0.39, 0.29) is 0 Å². The van der Waals surface area contributed by atoms with Crippen molar-refractivity contribution in [3.63, 3.8) is 0 Å². The summed E-state index contributed by atoms with van der Waals surface area (Å²) in [5.41, 5.74) is 2.00. The van der Waals surface area contributed by atoms with Crippen LogP contribution in [0.2, 0.25) is 0 Å². The Labute approximate surface area is 94.9 Å². The highest BCUT2D eigenvalue weighted by Crippen LogP contribution is 2.29. The first-order valence-electron chi connectivity index (χ1n) is 5.96. The molecule has 0 aromatic heterocycles. The molecule has 88 valence electrons. The molecule has 0 amide bonds. The number of rotatable bonds is 3. The summed E-state index contributed by atoms with van der Waals surface area (Å²) in [6.07, 6.45) is 3.68. The van der Waals surface area contributed by atoms with Gasteiger partial charge in [0.2, 0.25) is 0 Å². The van der Waals surface area contributed by atoms with E-state index in [1.54, 1.807) is 5.57 Å². The molecular weight excluding hydrogens is 184 g/mol. The molecule has 0 aromatic carbocycles. The summed E-state index contributed by atoms with van der Waals surface area (Å²) in [7, 11) is 4.28. The molecule has 1 heterocycles. The van der Waals surface area contributed by atoms with Gasteiger partial charge in [-0.2, -0.15) is 0 Å². The summed E-state index contributed by atoms with van der Waals surface area (Å²) in [6.45, 7) is 11.7. The van der Waals surface area contributed by atoms with Crippen LogP contribution in [0.3, 0.4) is 0 Å². The second-order valence-electron chi connectivity index (χ2n) is 5.83. The summed E-state index contributed by atoms with van der Waals surface area (Å²) >= 11 is 0. The summed E-state index contributed by atoms with van der Waals surface area (Å²) < 4.78 is 0. The minimum absolute atomic E-state index is 0.369. The zero-order valence-electron chi connectivity index (χ0n) is 11.0. The van der Waals surface area contributed by atoms with Crippen LogP contribution in [0.1, 0.15) is 27.2 Å². The van der Waals surface area contributed by atoms with Gasteiger partial charge in [-0.25, -0.2) is 0 Å². The van der Waals surface area contributed by atoms with Crippen molar-refractivity contribution < 1.29 is 0 Å². The fourth-order valence-electron chi connectivity index (χ4n) is 1.94. The Morgan fingerprint density at radius 1 is 1.33 bits per heavy atom. The van der Waals surface area contributed by atoms with Gasteiger partial charge in [-0.15, -0.1) is 0 Å². The maximum Gasteiger partial charge on any atom is 0.0166 e. The van der Waals surface area contributed by atoms with Crippen LogP contribution in [-0.2, 0) is 0 Å². The molecule has 0 unspecified atom stereocenters.